The molecular weight excluding hydrogens is 757 g/mol. The number of ether oxygens (including phenoxy) is 4. The molecule has 0 spiro atoms. The Morgan fingerprint density at radius 3 is 1.55 bits per heavy atom. The molecular formula is C51H90O9. The molecule has 348 valence electrons. The zero-order valence-electron chi connectivity index (χ0n) is 38.2. The SMILES string of the molecule is CC/C=C\C/C=C\C/C=C\C/C=C\CCCCCCC(=O)OC(COCCCCCCCCCCCC/C=C\CCCCCCCC)COC1OC(CO)C(O)C(O)C1O. The molecule has 0 radical (unpaired) electrons. The van der Waals surface area contributed by atoms with Crippen molar-refractivity contribution in [2.24, 2.45) is 0 Å². The summed E-state index contributed by atoms with van der Waals surface area (Å²) in [7, 11) is 0. The lowest BCUT2D eigenvalue weighted by Crippen LogP contribution is -2.59. The van der Waals surface area contributed by atoms with E-state index < -0.39 is 43.4 Å². The van der Waals surface area contributed by atoms with Crippen molar-refractivity contribution in [2.75, 3.05) is 26.4 Å². The van der Waals surface area contributed by atoms with Crippen LogP contribution in [0, 0.1) is 0 Å². The van der Waals surface area contributed by atoms with Gasteiger partial charge in [0.25, 0.3) is 0 Å². The van der Waals surface area contributed by atoms with Crippen LogP contribution in [0.5, 0.6) is 0 Å². The summed E-state index contributed by atoms with van der Waals surface area (Å²) in [6.07, 6.45) is 46.8. The highest BCUT2D eigenvalue weighted by Crippen LogP contribution is 2.22. The Morgan fingerprint density at radius 2 is 1.02 bits per heavy atom. The zero-order valence-corrected chi connectivity index (χ0v) is 38.2. The first-order chi connectivity index (χ1) is 29.4. The van der Waals surface area contributed by atoms with Gasteiger partial charge in [-0.3, -0.25) is 4.79 Å². The molecule has 0 amide bonds. The number of rotatable bonds is 41. The molecule has 6 atom stereocenters. The third-order valence-electron chi connectivity index (χ3n) is 10.9. The Kier molecular flexibility index (Phi) is 39.3. The summed E-state index contributed by atoms with van der Waals surface area (Å²) in [5.41, 5.74) is 0. The molecule has 1 aliphatic rings. The smallest absolute Gasteiger partial charge is 0.306 e. The maximum absolute atomic E-state index is 12.8. The van der Waals surface area contributed by atoms with Crippen molar-refractivity contribution in [1.82, 2.24) is 0 Å². The highest BCUT2D eigenvalue weighted by Gasteiger charge is 2.44. The van der Waals surface area contributed by atoms with Crippen LogP contribution in [-0.4, -0.2) is 89.6 Å². The molecule has 0 bridgehead atoms. The van der Waals surface area contributed by atoms with Gasteiger partial charge in [-0.1, -0.05) is 171 Å². The minimum Gasteiger partial charge on any atom is -0.457 e. The Labute approximate surface area is 366 Å². The van der Waals surface area contributed by atoms with E-state index in [1.54, 1.807) is 0 Å². The van der Waals surface area contributed by atoms with E-state index in [-0.39, 0.29) is 25.6 Å². The number of unbranched alkanes of at least 4 members (excludes halogenated alkanes) is 20. The van der Waals surface area contributed by atoms with Crippen LogP contribution in [0.15, 0.2) is 60.8 Å². The van der Waals surface area contributed by atoms with Gasteiger partial charge in [0, 0.05) is 13.0 Å². The van der Waals surface area contributed by atoms with Crippen molar-refractivity contribution >= 4 is 5.97 Å². The number of allylic oxidation sites excluding steroid dienone is 10. The topological polar surface area (TPSA) is 135 Å². The predicted molar refractivity (Wildman–Crippen MR) is 247 cm³/mol. The molecule has 1 fully saturated rings. The summed E-state index contributed by atoms with van der Waals surface area (Å²) in [4.78, 5) is 12.8. The van der Waals surface area contributed by atoms with E-state index in [9.17, 15) is 25.2 Å². The fourth-order valence-corrected chi connectivity index (χ4v) is 7.12. The molecule has 0 saturated carbocycles. The lowest BCUT2D eigenvalue weighted by Gasteiger charge is -2.39. The van der Waals surface area contributed by atoms with Crippen molar-refractivity contribution < 1.29 is 44.2 Å². The molecule has 60 heavy (non-hydrogen) atoms. The molecule has 6 unspecified atom stereocenters. The van der Waals surface area contributed by atoms with E-state index in [4.69, 9.17) is 18.9 Å². The lowest BCUT2D eigenvalue weighted by molar-refractivity contribution is -0.305. The minimum absolute atomic E-state index is 0.126. The molecule has 0 aromatic rings. The normalized spacial score (nSPS) is 20.5. The molecule has 1 rings (SSSR count). The van der Waals surface area contributed by atoms with Crippen LogP contribution in [0.25, 0.3) is 0 Å². The van der Waals surface area contributed by atoms with Crippen molar-refractivity contribution in [3.05, 3.63) is 60.8 Å². The fourth-order valence-electron chi connectivity index (χ4n) is 7.12. The van der Waals surface area contributed by atoms with Gasteiger partial charge in [-0.05, 0) is 77.0 Å². The van der Waals surface area contributed by atoms with Crippen molar-refractivity contribution in [3.8, 4) is 0 Å². The van der Waals surface area contributed by atoms with Gasteiger partial charge < -0.3 is 39.4 Å². The van der Waals surface area contributed by atoms with Gasteiger partial charge in [0.15, 0.2) is 6.29 Å². The first-order valence-corrected chi connectivity index (χ1v) is 24.4. The third kappa shape index (κ3) is 32.6. The number of carbonyl (C=O) groups excluding carboxylic acids is 1. The summed E-state index contributed by atoms with van der Waals surface area (Å²) >= 11 is 0. The van der Waals surface area contributed by atoms with E-state index in [1.807, 2.05) is 0 Å². The highest BCUT2D eigenvalue weighted by atomic mass is 16.7. The largest absolute Gasteiger partial charge is 0.457 e. The Bertz CT molecular complexity index is 1100. The van der Waals surface area contributed by atoms with Crippen LogP contribution in [0.2, 0.25) is 0 Å². The van der Waals surface area contributed by atoms with Crippen molar-refractivity contribution in [1.29, 1.82) is 0 Å². The molecule has 1 heterocycles. The van der Waals surface area contributed by atoms with Gasteiger partial charge in [-0.15, -0.1) is 0 Å². The second kappa shape index (κ2) is 42.2. The molecule has 0 aromatic carbocycles. The first kappa shape index (κ1) is 55.9. The number of esters is 1. The quantitative estimate of drug-likeness (QED) is 0.0269. The van der Waals surface area contributed by atoms with Gasteiger partial charge in [0.1, 0.15) is 30.5 Å². The summed E-state index contributed by atoms with van der Waals surface area (Å²) in [5.74, 6) is -0.337. The number of hydrogen-bond donors (Lipinski definition) is 4. The van der Waals surface area contributed by atoms with Gasteiger partial charge in [0.05, 0.1) is 19.8 Å². The molecule has 0 aliphatic carbocycles. The van der Waals surface area contributed by atoms with Crippen molar-refractivity contribution in [2.45, 2.75) is 230 Å². The molecule has 9 nitrogen and oxygen atoms in total. The lowest BCUT2D eigenvalue weighted by atomic mass is 9.99. The van der Waals surface area contributed by atoms with E-state index in [0.717, 1.165) is 70.6 Å². The van der Waals surface area contributed by atoms with Gasteiger partial charge >= 0.3 is 5.97 Å². The molecule has 1 saturated heterocycles. The molecule has 9 heteroatoms. The second-order valence-electron chi connectivity index (χ2n) is 16.5. The van der Waals surface area contributed by atoms with Gasteiger partial charge in [-0.2, -0.15) is 0 Å². The average Bonchev–Trinajstić information content (AvgIpc) is 3.25. The van der Waals surface area contributed by atoms with Crippen LogP contribution in [0.4, 0.5) is 0 Å². The van der Waals surface area contributed by atoms with E-state index >= 15 is 0 Å². The maximum Gasteiger partial charge on any atom is 0.306 e. The Morgan fingerprint density at radius 1 is 0.550 bits per heavy atom. The van der Waals surface area contributed by atoms with E-state index in [1.165, 1.54) is 103 Å². The number of aliphatic hydroxyl groups is 4. The van der Waals surface area contributed by atoms with Crippen LogP contribution in [0.1, 0.15) is 194 Å². The molecule has 0 aromatic heterocycles. The summed E-state index contributed by atoms with van der Waals surface area (Å²) in [5, 5.41) is 40.2. The van der Waals surface area contributed by atoms with Crippen LogP contribution >= 0.6 is 0 Å². The zero-order chi connectivity index (χ0) is 43.6. The van der Waals surface area contributed by atoms with Crippen LogP contribution < -0.4 is 0 Å². The predicted octanol–water partition coefficient (Wildman–Crippen LogP) is 11.5. The van der Waals surface area contributed by atoms with Gasteiger partial charge in [0.2, 0.25) is 0 Å². The fraction of sp³-hybridized carbons (Fsp3) is 0.784. The molecule has 1 aliphatic heterocycles. The van der Waals surface area contributed by atoms with E-state index in [2.05, 4.69) is 74.6 Å². The van der Waals surface area contributed by atoms with Gasteiger partial charge in [-0.25, -0.2) is 0 Å². The van der Waals surface area contributed by atoms with Crippen LogP contribution in [0.3, 0.4) is 0 Å². The summed E-state index contributed by atoms with van der Waals surface area (Å²) in [6.45, 7) is 4.41. The Balaban J connectivity index is 2.25. The number of carbonyl (C=O) groups is 1. The first-order valence-electron chi connectivity index (χ1n) is 24.4. The standard InChI is InChI=1S/C51H90O9/c1-3-5-7-9-11-13-15-17-19-21-22-23-25-27-29-31-33-35-37-39-41-57-43-45(44-58-51-50(56)49(55)48(54)46(42-52)60-51)59-47(53)40-38-36-34-32-30-28-26-24-20-18-16-14-12-10-8-6-4-2/h6,8,12,14,17-20,26,28,45-46,48-52,54-56H,3-5,7,9-11,13,15-16,21-25,27,29-44H2,1-2H3/b8-6-,14-12-,19-17-,20-18-,28-26-. The monoisotopic (exact) mass is 847 g/mol. The van der Waals surface area contributed by atoms with Crippen molar-refractivity contribution in [3.63, 3.8) is 0 Å². The Hall–Kier alpha value is -2.11. The summed E-state index contributed by atoms with van der Waals surface area (Å²) in [6, 6.07) is 0. The maximum atomic E-state index is 12.8. The third-order valence-corrected chi connectivity index (χ3v) is 10.9. The molecule has 4 N–H and O–H groups in total. The second-order valence-corrected chi connectivity index (χ2v) is 16.5. The van der Waals surface area contributed by atoms with Crippen LogP contribution in [-0.2, 0) is 23.7 Å². The number of hydrogen-bond acceptors (Lipinski definition) is 9. The highest BCUT2D eigenvalue weighted by molar-refractivity contribution is 5.69. The summed E-state index contributed by atoms with van der Waals surface area (Å²) < 4.78 is 22.8. The van der Waals surface area contributed by atoms with E-state index in [0.29, 0.717) is 6.61 Å². The number of aliphatic hydroxyl groups excluding tert-OH is 4. The minimum atomic E-state index is -1.54. The average molecular weight is 847 g/mol.